The van der Waals surface area contributed by atoms with Crippen LogP contribution in [0.25, 0.3) is 0 Å². The van der Waals surface area contributed by atoms with E-state index >= 15 is 0 Å². The number of nitrogens with one attached hydrogen (secondary N) is 1. The summed E-state index contributed by atoms with van der Waals surface area (Å²) in [6.45, 7) is 1.17. The number of para-hydroxylation sites is 1. The molecule has 0 radical (unpaired) electrons. The molecule has 0 spiro atoms. The zero-order valence-electron chi connectivity index (χ0n) is 19.2. The number of hydrogen-bond donors (Lipinski definition) is 1. The fourth-order valence-corrected chi connectivity index (χ4v) is 5.47. The molecule has 0 fully saturated rings. The van der Waals surface area contributed by atoms with Gasteiger partial charge in [-0.2, -0.15) is 0 Å². The van der Waals surface area contributed by atoms with Gasteiger partial charge in [-0.25, -0.2) is 8.42 Å². The van der Waals surface area contributed by atoms with Crippen molar-refractivity contribution in [3.8, 4) is 0 Å². The quantitative estimate of drug-likeness (QED) is 0.406. The van der Waals surface area contributed by atoms with Crippen molar-refractivity contribution < 1.29 is 18.0 Å². The maximum Gasteiger partial charge on any atom is 0.264 e. The van der Waals surface area contributed by atoms with Gasteiger partial charge in [0.25, 0.3) is 10.0 Å². The van der Waals surface area contributed by atoms with Crippen LogP contribution in [0.4, 0.5) is 5.69 Å². The number of nitrogens with zero attached hydrogens (tertiary/aromatic N) is 2. The van der Waals surface area contributed by atoms with Crippen molar-refractivity contribution in [2.45, 2.75) is 24.4 Å². The largest absolute Gasteiger partial charge is 0.357 e. The normalized spacial score (nSPS) is 12.0. The highest BCUT2D eigenvalue weighted by molar-refractivity contribution is 9.10. The highest BCUT2D eigenvalue weighted by atomic mass is 79.9. The second-order valence-corrected chi connectivity index (χ2v) is 10.9. The molecule has 2 amide bonds. The topological polar surface area (TPSA) is 86.8 Å². The van der Waals surface area contributed by atoms with Crippen LogP contribution in [-0.4, -0.2) is 44.8 Å². The average Bonchev–Trinajstić information content (AvgIpc) is 2.86. The Kier molecular flexibility index (Phi) is 8.93. The van der Waals surface area contributed by atoms with Gasteiger partial charge < -0.3 is 10.2 Å². The molecule has 0 heterocycles. The number of halogens is 2. The molecule has 1 unspecified atom stereocenters. The Morgan fingerprint density at radius 1 is 0.971 bits per heavy atom. The molecular formula is C25H25BrClN3O4S. The van der Waals surface area contributed by atoms with Crippen molar-refractivity contribution in [1.29, 1.82) is 0 Å². The molecule has 1 atom stereocenters. The molecule has 0 aromatic heterocycles. The molecule has 35 heavy (non-hydrogen) atoms. The SMILES string of the molecule is CNC(=O)C(C)N(Cc1ccc(Br)cc1)C(=O)CN(c1ccccc1Cl)S(=O)(=O)c1ccccc1. The first-order valence-electron chi connectivity index (χ1n) is 10.7. The molecule has 3 aromatic carbocycles. The maximum absolute atomic E-state index is 13.6. The molecular weight excluding hydrogens is 554 g/mol. The summed E-state index contributed by atoms with van der Waals surface area (Å²) >= 11 is 9.74. The smallest absolute Gasteiger partial charge is 0.264 e. The summed E-state index contributed by atoms with van der Waals surface area (Å²) in [5.74, 6) is -0.922. The van der Waals surface area contributed by atoms with Crippen molar-refractivity contribution in [3.63, 3.8) is 0 Å². The van der Waals surface area contributed by atoms with E-state index in [-0.39, 0.29) is 28.1 Å². The molecule has 184 valence electrons. The number of carbonyl (C=O) groups excluding carboxylic acids is 2. The summed E-state index contributed by atoms with van der Waals surface area (Å²) in [6, 6.07) is 20.7. The van der Waals surface area contributed by atoms with Crippen LogP contribution in [0.15, 0.2) is 88.2 Å². The molecule has 7 nitrogen and oxygen atoms in total. The van der Waals surface area contributed by atoms with Crippen LogP contribution < -0.4 is 9.62 Å². The first-order chi connectivity index (χ1) is 16.6. The van der Waals surface area contributed by atoms with Gasteiger partial charge in [0.15, 0.2) is 0 Å². The van der Waals surface area contributed by atoms with Crippen molar-refractivity contribution in [3.05, 3.63) is 93.9 Å². The molecule has 0 saturated heterocycles. The number of likely N-dealkylation sites (N-methyl/N-ethyl adjacent to an activating group) is 1. The minimum absolute atomic E-state index is 0.0199. The van der Waals surface area contributed by atoms with Gasteiger partial charge in [0.05, 0.1) is 15.6 Å². The van der Waals surface area contributed by atoms with E-state index in [1.807, 2.05) is 24.3 Å². The van der Waals surface area contributed by atoms with Gasteiger partial charge in [0, 0.05) is 18.1 Å². The lowest BCUT2D eigenvalue weighted by Gasteiger charge is -2.32. The summed E-state index contributed by atoms with van der Waals surface area (Å²) in [5, 5.41) is 2.73. The number of rotatable bonds is 9. The fourth-order valence-electron chi connectivity index (χ4n) is 3.47. The van der Waals surface area contributed by atoms with E-state index in [4.69, 9.17) is 11.6 Å². The van der Waals surface area contributed by atoms with E-state index in [1.54, 1.807) is 43.3 Å². The van der Waals surface area contributed by atoms with Crippen molar-refractivity contribution >= 4 is 55.1 Å². The molecule has 10 heteroatoms. The van der Waals surface area contributed by atoms with E-state index in [2.05, 4.69) is 21.2 Å². The standard InChI is InChI=1S/C25H25BrClN3O4S/c1-18(25(32)28-2)29(16-19-12-14-20(26)15-13-19)24(31)17-30(23-11-7-6-10-22(23)27)35(33,34)21-8-4-3-5-9-21/h3-15,18H,16-17H2,1-2H3,(H,28,32). The van der Waals surface area contributed by atoms with Gasteiger partial charge in [-0.3, -0.25) is 13.9 Å². The minimum Gasteiger partial charge on any atom is -0.357 e. The third-order valence-corrected chi connectivity index (χ3v) is 8.03. The van der Waals surface area contributed by atoms with Gasteiger partial charge in [0.2, 0.25) is 11.8 Å². The third-order valence-electron chi connectivity index (χ3n) is 5.41. The molecule has 3 aromatic rings. The molecule has 0 aliphatic heterocycles. The molecule has 0 bridgehead atoms. The Morgan fingerprint density at radius 2 is 1.57 bits per heavy atom. The third kappa shape index (κ3) is 6.42. The number of amides is 2. The Labute approximate surface area is 218 Å². The maximum atomic E-state index is 13.6. The van der Waals surface area contributed by atoms with E-state index in [0.29, 0.717) is 0 Å². The molecule has 0 saturated carbocycles. The molecule has 0 aliphatic rings. The van der Waals surface area contributed by atoms with Gasteiger partial charge in [0.1, 0.15) is 12.6 Å². The van der Waals surface area contributed by atoms with Crippen LogP contribution in [0.1, 0.15) is 12.5 Å². The zero-order valence-corrected chi connectivity index (χ0v) is 22.3. The minimum atomic E-state index is -4.14. The average molecular weight is 579 g/mol. The van der Waals surface area contributed by atoms with Crippen molar-refractivity contribution in [2.24, 2.45) is 0 Å². The fraction of sp³-hybridized carbons (Fsp3) is 0.200. The number of hydrogen-bond acceptors (Lipinski definition) is 4. The zero-order chi connectivity index (χ0) is 25.6. The Bertz CT molecular complexity index is 1290. The van der Waals surface area contributed by atoms with Crippen LogP contribution in [0, 0.1) is 0 Å². The Hall–Kier alpha value is -2.88. The number of anilines is 1. The van der Waals surface area contributed by atoms with Gasteiger partial charge in [-0.15, -0.1) is 0 Å². The van der Waals surface area contributed by atoms with Crippen molar-refractivity contribution in [2.75, 3.05) is 17.9 Å². The van der Waals surface area contributed by atoms with Gasteiger partial charge in [-0.1, -0.05) is 70.0 Å². The summed E-state index contributed by atoms with van der Waals surface area (Å²) in [6.07, 6.45) is 0. The highest BCUT2D eigenvalue weighted by Crippen LogP contribution is 2.30. The second kappa shape index (κ2) is 11.7. The predicted molar refractivity (Wildman–Crippen MR) is 141 cm³/mol. The lowest BCUT2D eigenvalue weighted by Crippen LogP contribution is -2.50. The van der Waals surface area contributed by atoms with E-state index in [0.717, 1.165) is 14.3 Å². The Morgan fingerprint density at radius 3 is 2.17 bits per heavy atom. The highest BCUT2D eigenvalue weighted by Gasteiger charge is 2.33. The molecule has 1 N–H and O–H groups in total. The van der Waals surface area contributed by atoms with Crippen LogP contribution in [-0.2, 0) is 26.2 Å². The predicted octanol–water partition coefficient (Wildman–Crippen LogP) is 4.46. The van der Waals surface area contributed by atoms with Crippen LogP contribution >= 0.6 is 27.5 Å². The summed E-state index contributed by atoms with van der Waals surface area (Å²) in [5.41, 5.74) is 0.954. The summed E-state index contributed by atoms with van der Waals surface area (Å²) in [7, 11) is -2.66. The monoisotopic (exact) mass is 577 g/mol. The van der Waals surface area contributed by atoms with Gasteiger partial charge in [-0.05, 0) is 48.9 Å². The number of carbonyl (C=O) groups is 2. The first-order valence-corrected chi connectivity index (χ1v) is 13.3. The lowest BCUT2D eigenvalue weighted by molar-refractivity contribution is -0.139. The van der Waals surface area contributed by atoms with Gasteiger partial charge >= 0.3 is 0 Å². The molecule has 3 rings (SSSR count). The lowest BCUT2D eigenvalue weighted by atomic mass is 10.1. The van der Waals surface area contributed by atoms with E-state index in [9.17, 15) is 18.0 Å². The number of sulfonamides is 1. The summed E-state index contributed by atoms with van der Waals surface area (Å²) in [4.78, 5) is 27.5. The number of benzene rings is 3. The first kappa shape index (κ1) is 26.7. The van der Waals surface area contributed by atoms with Crippen LogP contribution in [0.3, 0.4) is 0 Å². The molecule has 0 aliphatic carbocycles. The van der Waals surface area contributed by atoms with E-state index in [1.165, 1.54) is 30.1 Å². The second-order valence-electron chi connectivity index (χ2n) is 7.71. The summed E-state index contributed by atoms with van der Waals surface area (Å²) < 4.78 is 29.1. The van der Waals surface area contributed by atoms with Crippen molar-refractivity contribution in [1.82, 2.24) is 10.2 Å². The van der Waals surface area contributed by atoms with Crippen LogP contribution in [0.5, 0.6) is 0 Å². The van der Waals surface area contributed by atoms with Crippen LogP contribution in [0.2, 0.25) is 5.02 Å². The Balaban J connectivity index is 2.03. The van der Waals surface area contributed by atoms with E-state index < -0.39 is 28.5 Å².